The van der Waals surface area contributed by atoms with Gasteiger partial charge in [0.2, 0.25) is 0 Å². The SMILES string of the molecule is Cc1ccc(N(c2ccc3cc(N(c4ccc(C)cc4)c4cc5ccccc5c5ccccc45)ccc3c2)c2cc3ccccc3c3ccccc23)cc1. The van der Waals surface area contributed by atoms with Crippen molar-refractivity contribution in [2.45, 2.75) is 13.8 Å². The van der Waals surface area contributed by atoms with Crippen LogP contribution in [-0.4, -0.2) is 0 Å². The first kappa shape index (κ1) is 31.8. The second-order valence-corrected chi connectivity index (χ2v) is 14.4. The summed E-state index contributed by atoms with van der Waals surface area (Å²) in [6.45, 7) is 4.29. The smallest absolute Gasteiger partial charge is 0.0546 e. The monoisotopic (exact) mass is 690 g/mol. The maximum Gasteiger partial charge on any atom is 0.0546 e. The molecule has 0 aromatic heterocycles. The molecule has 2 nitrogen and oxygen atoms in total. The molecule has 0 unspecified atom stereocenters. The van der Waals surface area contributed by atoms with E-state index in [1.54, 1.807) is 0 Å². The lowest BCUT2D eigenvalue weighted by atomic mass is 9.98. The van der Waals surface area contributed by atoms with Crippen molar-refractivity contribution in [1.29, 1.82) is 0 Å². The second-order valence-electron chi connectivity index (χ2n) is 14.4. The number of hydrogen-bond acceptors (Lipinski definition) is 2. The van der Waals surface area contributed by atoms with Gasteiger partial charge in [0.25, 0.3) is 0 Å². The number of anilines is 6. The molecule has 256 valence electrons. The molecule has 0 aliphatic heterocycles. The fourth-order valence-electron chi connectivity index (χ4n) is 8.18. The van der Waals surface area contributed by atoms with Crippen LogP contribution in [-0.2, 0) is 0 Å². The summed E-state index contributed by atoms with van der Waals surface area (Å²) in [5, 5.41) is 12.3. The number of nitrogens with zero attached hydrogens (tertiary/aromatic N) is 2. The van der Waals surface area contributed by atoms with Gasteiger partial charge in [0, 0.05) is 33.5 Å². The summed E-state index contributed by atoms with van der Waals surface area (Å²) in [5.41, 5.74) is 9.31. The van der Waals surface area contributed by atoms with E-state index in [1.165, 1.54) is 65.0 Å². The first-order valence-electron chi connectivity index (χ1n) is 18.7. The highest BCUT2D eigenvalue weighted by Crippen LogP contribution is 2.45. The van der Waals surface area contributed by atoms with Crippen LogP contribution in [0, 0.1) is 13.8 Å². The number of fused-ring (bicyclic) bond motifs is 7. The predicted molar refractivity (Wildman–Crippen MR) is 233 cm³/mol. The largest absolute Gasteiger partial charge is 0.310 e. The van der Waals surface area contributed by atoms with Crippen molar-refractivity contribution in [3.63, 3.8) is 0 Å². The summed E-state index contributed by atoms with van der Waals surface area (Å²) in [7, 11) is 0. The molecule has 0 N–H and O–H groups in total. The number of hydrogen-bond donors (Lipinski definition) is 0. The van der Waals surface area contributed by atoms with Crippen LogP contribution in [0.1, 0.15) is 11.1 Å². The number of rotatable bonds is 6. The third kappa shape index (κ3) is 5.43. The predicted octanol–water partition coefficient (Wildman–Crippen LogP) is 15.0. The van der Waals surface area contributed by atoms with E-state index in [2.05, 4.69) is 218 Å². The van der Waals surface area contributed by atoms with Gasteiger partial charge in [-0.15, -0.1) is 0 Å². The molecule has 0 amide bonds. The van der Waals surface area contributed by atoms with Gasteiger partial charge >= 0.3 is 0 Å². The first-order valence-corrected chi connectivity index (χ1v) is 18.7. The topological polar surface area (TPSA) is 6.48 Å². The summed E-state index contributed by atoms with van der Waals surface area (Å²) in [5.74, 6) is 0. The van der Waals surface area contributed by atoms with Crippen LogP contribution in [0.5, 0.6) is 0 Å². The van der Waals surface area contributed by atoms with E-state index in [-0.39, 0.29) is 0 Å². The molecule has 10 aromatic carbocycles. The minimum absolute atomic E-state index is 1.12. The van der Waals surface area contributed by atoms with Gasteiger partial charge in [-0.1, -0.05) is 145 Å². The molecule has 54 heavy (non-hydrogen) atoms. The maximum absolute atomic E-state index is 2.42. The molecule has 10 rings (SSSR count). The van der Waals surface area contributed by atoms with Gasteiger partial charge in [-0.3, -0.25) is 0 Å². The zero-order valence-electron chi connectivity index (χ0n) is 30.4. The Morgan fingerprint density at radius 3 is 1.00 bits per heavy atom. The van der Waals surface area contributed by atoms with E-state index in [0.717, 1.165) is 34.1 Å². The lowest BCUT2D eigenvalue weighted by Crippen LogP contribution is -2.11. The molecule has 0 radical (unpaired) electrons. The van der Waals surface area contributed by atoms with Crippen LogP contribution in [0.4, 0.5) is 34.1 Å². The molecule has 10 aromatic rings. The van der Waals surface area contributed by atoms with Gasteiger partial charge in [0.1, 0.15) is 0 Å². The van der Waals surface area contributed by atoms with Crippen molar-refractivity contribution in [3.8, 4) is 0 Å². The summed E-state index contributed by atoms with van der Waals surface area (Å²) >= 11 is 0. The molecule has 0 saturated carbocycles. The van der Waals surface area contributed by atoms with E-state index < -0.39 is 0 Å². The zero-order chi connectivity index (χ0) is 36.2. The highest BCUT2D eigenvalue weighted by Gasteiger charge is 2.20. The highest BCUT2D eigenvalue weighted by molar-refractivity contribution is 6.16. The summed E-state index contributed by atoms with van der Waals surface area (Å²) < 4.78 is 0. The van der Waals surface area contributed by atoms with E-state index >= 15 is 0 Å². The Bertz CT molecular complexity index is 2810. The maximum atomic E-state index is 2.42. The van der Waals surface area contributed by atoms with E-state index in [4.69, 9.17) is 0 Å². The Kier molecular flexibility index (Phi) is 7.63. The molecule has 0 spiro atoms. The molecule has 0 atom stereocenters. The van der Waals surface area contributed by atoms with Crippen LogP contribution in [0.15, 0.2) is 194 Å². The van der Waals surface area contributed by atoms with E-state index in [0.29, 0.717) is 0 Å². The summed E-state index contributed by atoms with van der Waals surface area (Å²) in [4.78, 5) is 4.84. The van der Waals surface area contributed by atoms with Crippen molar-refractivity contribution < 1.29 is 0 Å². The number of benzene rings is 10. The molecule has 0 saturated heterocycles. The first-order chi connectivity index (χ1) is 26.6. The minimum atomic E-state index is 1.12. The van der Waals surface area contributed by atoms with Gasteiger partial charge in [-0.05, 0) is 118 Å². The Balaban J connectivity index is 1.16. The minimum Gasteiger partial charge on any atom is -0.310 e. The molecule has 0 heterocycles. The van der Waals surface area contributed by atoms with Crippen molar-refractivity contribution in [3.05, 3.63) is 205 Å². The molecule has 0 fully saturated rings. The van der Waals surface area contributed by atoms with Crippen LogP contribution in [0.2, 0.25) is 0 Å². The van der Waals surface area contributed by atoms with Gasteiger partial charge in [-0.25, -0.2) is 0 Å². The van der Waals surface area contributed by atoms with Crippen LogP contribution >= 0.6 is 0 Å². The number of aryl methyl sites for hydroxylation is 2. The average Bonchev–Trinajstić information content (AvgIpc) is 3.22. The van der Waals surface area contributed by atoms with Crippen LogP contribution in [0.25, 0.3) is 53.9 Å². The average molecular weight is 691 g/mol. The van der Waals surface area contributed by atoms with Gasteiger partial charge in [0.15, 0.2) is 0 Å². The van der Waals surface area contributed by atoms with Gasteiger partial charge < -0.3 is 9.80 Å². The van der Waals surface area contributed by atoms with Crippen molar-refractivity contribution >= 4 is 88.0 Å². The van der Waals surface area contributed by atoms with Gasteiger partial charge in [0.05, 0.1) is 11.4 Å². The highest BCUT2D eigenvalue weighted by atomic mass is 15.1. The Hall–Kier alpha value is -6.90. The van der Waals surface area contributed by atoms with E-state index in [1.807, 2.05) is 0 Å². The summed E-state index contributed by atoms with van der Waals surface area (Å²) in [6.07, 6.45) is 0. The third-order valence-electron chi connectivity index (χ3n) is 10.9. The quantitative estimate of drug-likeness (QED) is 0.160. The normalized spacial score (nSPS) is 11.5. The molecule has 0 aliphatic carbocycles. The fourth-order valence-corrected chi connectivity index (χ4v) is 8.18. The van der Waals surface area contributed by atoms with E-state index in [9.17, 15) is 0 Å². The Morgan fingerprint density at radius 1 is 0.259 bits per heavy atom. The zero-order valence-corrected chi connectivity index (χ0v) is 30.4. The fraction of sp³-hybridized carbons (Fsp3) is 0.0385. The molecular formula is C52H38N2. The molecule has 0 aliphatic rings. The molecule has 2 heteroatoms. The Morgan fingerprint density at radius 2 is 0.593 bits per heavy atom. The summed E-state index contributed by atoms with van der Waals surface area (Å²) in [6, 6.07) is 71.2. The molecule has 0 bridgehead atoms. The lowest BCUT2D eigenvalue weighted by molar-refractivity contribution is 1.29. The van der Waals surface area contributed by atoms with Crippen LogP contribution < -0.4 is 9.80 Å². The van der Waals surface area contributed by atoms with Crippen LogP contribution in [0.3, 0.4) is 0 Å². The third-order valence-corrected chi connectivity index (χ3v) is 10.9. The van der Waals surface area contributed by atoms with Crippen molar-refractivity contribution in [2.75, 3.05) is 9.80 Å². The second kappa shape index (κ2) is 12.9. The standard InChI is InChI=1S/C52H38N2/c1-35-19-25-41(26-20-35)53(51-33-39-11-3-5-13-45(39)47-15-7-9-17-49(47)51)43-29-23-38-32-44(30-24-37(38)31-43)54(42-27-21-36(2)22-28-42)52-34-40-12-4-6-14-46(40)48-16-8-10-18-50(48)52/h3-34H,1-2H3. The van der Waals surface area contributed by atoms with Gasteiger partial charge in [-0.2, -0.15) is 0 Å². The van der Waals surface area contributed by atoms with Crippen molar-refractivity contribution in [1.82, 2.24) is 0 Å². The van der Waals surface area contributed by atoms with Crippen molar-refractivity contribution in [2.24, 2.45) is 0 Å². The lowest BCUT2D eigenvalue weighted by Gasteiger charge is -2.29. The Labute approximate surface area is 315 Å². The molecular weight excluding hydrogens is 653 g/mol.